The number of nitrogens with two attached hydrogens (primary N) is 1. The Morgan fingerprint density at radius 3 is 2.89 bits per heavy atom. The molecule has 2 heterocycles. The number of hydrogen-bond donors (Lipinski definition) is 1. The molecule has 0 saturated heterocycles. The van der Waals surface area contributed by atoms with E-state index in [0.29, 0.717) is 25.7 Å². The lowest BCUT2D eigenvalue weighted by molar-refractivity contribution is -0.0445. The SMILES string of the molecule is [2H]C([2H])([2H])O[C@H]1CC[C@@]2(Cc3ccc(-c4cncnc4)cc3[C@@]23N=C(N)OC3([2H])[2H])C[C@@H]1C. The predicted octanol–water partition coefficient (Wildman–Crippen LogP) is 3.06. The van der Waals surface area contributed by atoms with Gasteiger partial charge in [0.1, 0.15) is 18.4 Å². The van der Waals surface area contributed by atoms with Crippen LogP contribution in [0.4, 0.5) is 0 Å². The summed E-state index contributed by atoms with van der Waals surface area (Å²) in [4.78, 5) is 12.9. The highest BCUT2D eigenvalue weighted by molar-refractivity contribution is 5.75. The monoisotopic (exact) mass is 383 g/mol. The number of fused-ring (bicyclic) bond motifs is 3. The number of amidine groups is 1. The van der Waals surface area contributed by atoms with Crippen molar-refractivity contribution in [3.05, 3.63) is 48.0 Å². The van der Waals surface area contributed by atoms with Gasteiger partial charge in [-0.05, 0) is 54.4 Å². The summed E-state index contributed by atoms with van der Waals surface area (Å²) in [5, 5.41) is 0. The minimum absolute atomic E-state index is 0.111. The van der Waals surface area contributed by atoms with Crippen molar-refractivity contribution in [3.8, 4) is 11.1 Å². The molecule has 1 aliphatic heterocycles. The van der Waals surface area contributed by atoms with Crippen LogP contribution in [-0.4, -0.2) is 35.7 Å². The molecule has 6 heteroatoms. The first kappa shape index (κ1) is 12.9. The normalized spacial score (nSPS) is 38.6. The van der Waals surface area contributed by atoms with E-state index in [9.17, 15) is 0 Å². The lowest BCUT2D eigenvalue weighted by atomic mass is 9.59. The van der Waals surface area contributed by atoms with Gasteiger partial charge in [0.2, 0.25) is 0 Å². The van der Waals surface area contributed by atoms with E-state index in [0.717, 1.165) is 22.3 Å². The third-order valence-corrected chi connectivity index (χ3v) is 6.68. The highest BCUT2D eigenvalue weighted by Gasteiger charge is 2.62. The lowest BCUT2D eigenvalue weighted by Crippen LogP contribution is -2.48. The molecule has 0 unspecified atom stereocenters. The van der Waals surface area contributed by atoms with Crippen LogP contribution in [0.1, 0.15) is 44.2 Å². The highest BCUT2D eigenvalue weighted by atomic mass is 16.5. The van der Waals surface area contributed by atoms with Crippen LogP contribution in [-0.2, 0) is 21.4 Å². The van der Waals surface area contributed by atoms with Crippen molar-refractivity contribution < 1.29 is 16.3 Å². The molecule has 2 N–H and O–H groups in total. The summed E-state index contributed by atoms with van der Waals surface area (Å²) in [6.45, 7) is -0.204. The molecule has 1 aromatic heterocycles. The van der Waals surface area contributed by atoms with Gasteiger partial charge in [0.05, 0.1) is 13.0 Å². The van der Waals surface area contributed by atoms with E-state index in [2.05, 4.69) is 15.0 Å². The molecule has 6 nitrogen and oxygen atoms in total. The Labute approximate surface area is 172 Å². The van der Waals surface area contributed by atoms with Gasteiger partial charge in [0.25, 0.3) is 6.02 Å². The summed E-state index contributed by atoms with van der Waals surface area (Å²) in [5.74, 6) is -0.111. The first-order chi connectivity index (χ1) is 15.5. The van der Waals surface area contributed by atoms with Crippen LogP contribution >= 0.6 is 0 Å². The third kappa shape index (κ3) is 2.40. The van der Waals surface area contributed by atoms with Gasteiger partial charge in [-0.15, -0.1) is 0 Å². The average Bonchev–Trinajstić information content (AvgIpc) is 3.14. The Morgan fingerprint density at radius 2 is 2.18 bits per heavy atom. The number of benzene rings is 1. The summed E-state index contributed by atoms with van der Waals surface area (Å²) in [6.07, 6.45) is 6.60. The molecule has 1 fully saturated rings. The summed E-state index contributed by atoms with van der Waals surface area (Å²) in [6, 6.07) is 5.76. The van der Waals surface area contributed by atoms with E-state index in [1.165, 1.54) is 6.33 Å². The molecular formula is C22H26N4O2. The minimum Gasteiger partial charge on any atom is -0.462 e. The maximum absolute atomic E-state index is 8.89. The highest BCUT2D eigenvalue weighted by Crippen LogP contribution is 2.62. The number of aromatic nitrogens is 2. The van der Waals surface area contributed by atoms with E-state index < -0.39 is 30.7 Å². The van der Waals surface area contributed by atoms with E-state index >= 15 is 0 Å². The van der Waals surface area contributed by atoms with Gasteiger partial charge in [-0.3, -0.25) is 0 Å². The molecule has 0 radical (unpaired) electrons. The zero-order valence-corrected chi connectivity index (χ0v) is 15.7. The van der Waals surface area contributed by atoms with Crippen LogP contribution in [0.5, 0.6) is 0 Å². The summed E-state index contributed by atoms with van der Waals surface area (Å²) < 4.78 is 51.1. The Bertz CT molecular complexity index is 1110. The molecule has 146 valence electrons. The molecule has 2 spiro atoms. The molecule has 0 amide bonds. The van der Waals surface area contributed by atoms with Gasteiger partial charge in [-0.2, -0.15) is 0 Å². The molecule has 1 saturated carbocycles. The second-order valence-electron chi connectivity index (χ2n) is 8.20. The third-order valence-electron chi connectivity index (χ3n) is 6.68. The Morgan fingerprint density at radius 1 is 1.32 bits per heavy atom. The second-order valence-corrected chi connectivity index (χ2v) is 8.20. The largest absolute Gasteiger partial charge is 0.462 e. The molecule has 1 aromatic carbocycles. The van der Waals surface area contributed by atoms with E-state index in [-0.39, 0.29) is 11.9 Å². The van der Waals surface area contributed by atoms with Crippen LogP contribution in [0.15, 0.2) is 41.9 Å². The van der Waals surface area contributed by atoms with E-state index in [1.807, 2.05) is 25.1 Å². The maximum Gasteiger partial charge on any atom is 0.283 e. The quantitative estimate of drug-likeness (QED) is 0.862. The fourth-order valence-electron chi connectivity index (χ4n) is 5.37. The first-order valence-corrected chi connectivity index (χ1v) is 9.57. The molecule has 28 heavy (non-hydrogen) atoms. The molecule has 0 bridgehead atoms. The van der Waals surface area contributed by atoms with Crippen LogP contribution in [0.2, 0.25) is 0 Å². The van der Waals surface area contributed by atoms with Gasteiger partial charge in [-0.1, -0.05) is 19.1 Å². The minimum atomic E-state index is -2.47. The van der Waals surface area contributed by atoms with Gasteiger partial charge >= 0.3 is 0 Å². The van der Waals surface area contributed by atoms with Crippen molar-refractivity contribution in [3.63, 3.8) is 0 Å². The zero-order valence-electron chi connectivity index (χ0n) is 20.7. The summed E-state index contributed by atoms with van der Waals surface area (Å²) >= 11 is 0. The maximum atomic E-state index is 8.89. The van der Waals surface area contributed by atoms with Gasteiger partial charge < -0.3 is 15.2 Å². The zero-order chi connectivity index (χ0) is 23.6. The molecule has 2 aromatic rings. The number of ether oxygens (including phenoxy) is 2. The number of rotatable bonds is 2. The number of nitrogens with zero attached hydrogens (tertiary/aromatic N) is 3. The number of hydrogen-bond acceptors (Lipinski definition) is 6. The number of aliphatic imine (C=N–C) groups is 1. The Hall–Kier alpha value is -2.47. The van der Waals surface area contributed by atoms with E-state index in [1.54, 1.807) is 12.4 Å². The second kappa shape index (κ2) is 6.27. The molecule has 3 aliphatic rings. The van der Waals surface area contributed by atoms with Crippen molar-refractivity contribution in [2.75, 3.05) is 13.6 Å². The number of methoxy groups -OCH3 is 1. The smallest absolute Gasteiger partial charge is 0.283 e. The van der Waals surface area contributed by atoms with Crippen LogP contribution in [0, 0.1) is 11.3 Å². The molecule has 2 aliphatic carbocycles. The van der Waals surface area contributed by atoms with Crippen molar-refractivity contribution in [2.24, 2.45) is 22.1 Å². The van der Waals surface area contributed by atoms with Gasteiger partial charge in [-0.25, -0.2) is 15.0 Å². The van der Waals surface area contributed by atoms with Gasteiger partial charge in [0, 0.05) is 30.4 Å². The van der Waals surface area contributed by atoms with E-state index in [4.69, 9.17) is 22.1 Å². The topological polar surface area (TPSA) is 82.6 Å². The van der Waals surface area contributed by atoms with Crippen molar-refractivity contribution in [2.45, 2.75) is 44.2 Å². The Kier molecular flexibility index (Phi) is 2.89. The molecular weight excluding hydrogens is 352 g/mol. The summed E-state index contributed by atoms with van der Waals surface area (Å²) in [5.41, 5.74) is 7.42. The average molecular weight is 384 g/mol. The van der Waals surface area contributed by atoms with Crippen LogP contribution in [0.3, 0.4) is 0 Å². The van der Waals surface area contributed by atoms with Crippen molar-refractivity contribution >= 4 is 6.02 Å². The lowest BCUT2D eigenvalue weighted by Gasteiger charge is -2.47. The van der Waals surface area contributed by atoms with Crippen molar-refractivity contribution in [1.82, 2.24) is 9.97 Å². The standard InChI is InChI=1S/C22H26N4O2/c1-14-8-21(6-5-19(14)27-2)9-16-4-3-15(17-10-24-13-25-11-17)7-18(16)22(21)12-28-20(23)26-22/h3-4,7,10-11,13-14,19H,5-6,8-9,12H2,1-2H3,(H2,23,26)/t14-,19-,21-,22+/m0/s1/i2D3,12D2. The first-order valence-electron chi connectivity index (χ1n) is 12.1. The van der Waals surface area contributed by atoms with Crippen LogP contribution < -0.4 is 5.73 Å². The fourth-order valence-corrected chi connectivity index (χ4v) is 5.37. The molecule has 4 atom stereocenters. The fraction of sp³-hybridized carbons (Fsp3) is 0.500. The van der Waals surface area contributed by atoms with Crippen LogP contribution in [0.25, 0.3) is 11.1 Å². The summed E-state index contributed by atoms with van der Waals surface area (Å²) in [7, 11) is -2.47. The Balaban J connectivity index is 1.62. The van der Waals surface area contributed by atoms with Gasteiger partial charge in [0.15, 0.2) is 0 Å². The predicted molar refractivity (Wildman–Crippen MR) is 107 cm³/mol. The molecule has 5 rings (SSSR count). The van der Waals surface area contributed by atoms with Crippen molar-refractivity contribution in [1.29, 1.82) is 0 Å².